The molecule has 1 saturated heterocycles. The lowest BCUT2D eigenvalue weighted by Crippen LogP contribution is -2.46. The first kappa shape index (κ1) is 11.8. The van der Waals surface area contributed by atoms with Crippen molar-refractivity contribution in [2.75, 3.05) is 18.8 Å². The van der Waals surface area contributed by atoms with Crippen LogP contribution < -0.4 is 0 Å². The van der Waals surface area contributed by atoms with Crippen LogP contribution in [0.5, 0.6) is 0 Å². The van der Waals surface area contributed by atoms with Crippen LogP contribution in [0.1, 0.15) is 46.0 Å². The van der Waals surface area contributed by atoms with Crippen molar-refractivity contribution in [1.29, 1.82) is 0 Å². The number of hydrogen-bond acceptors (Lipinski definition) is 2. The summed E-state index contributed by atoms with van der Waals surface area (Å²) >= 11 is 4.56. The Morgan fingerprint density at radius 1 is 1.33 bits per heavy atom. The van der Waals surface area contributed by atoms with Crippen molar-refractivity contribution in [3.63, 3.8) is 0 Å². The molecule has 15 heavy (non-hydrogen) atoms. The summed E-state index contributed by atoms with van der Waals surface area (Å²) in [5.41, 5.74) is 0.584. The first-order valence-corrected chi connectivity index (χ1v) is 7.15. The van der Waals surface area contributed by atoms with Gasteiger partial charge >= 0.3 is 0 Å². The maximum Gasteiger partial charge on any atom is 0.0119 e. The largest absolute Gasteiger partial charge is 0.300 e. The molecular formula is C13H25NS. The molecule has 88 valence electrons. The predicted molar refractivity (Wildman–Crippen MR) is 69.6 cm³/mol. The highest BCUT2D eigenvalue weighted by Crippen LogP contribution is 2.43. The fourth-order valence-electron chi connectivity index (χ4n) is 3.28. The Bertz CT molecular complexity index is 205. The van der Waals surface area contributed by atoms with Crippen LogP contribution >= 0.6 is 12.6 Å². The van der Waals surface area contributed by atoms with Crippen molar-refractivity contribution in [3.05, 3.63) is 0 Å². The molecule has 1 aliphatic carbocycles. The summed E-state index contributed by atoms with van der Waals surface area (Å²) in [6.07, 6.45) is 7.09. The van der Waals surface area contributed by atoms with Crippen LogP contribution in [0.25, 0.3) is 0 Å². The standard InChI is InChI=1S/C13H25NS/c1-11(2)12-5-3-8-14(12)9-13(10-15)6-4-7-13/h11-12,15H,3-10H2,1-2H3. The molecule has 2 rings (SSSR count). The van der Waals surface area contributed by atoms with Gasteiger partial charge in [-0.15, -0.1) is 0 Å². The molecule has 0 spiro atoms. The van der Waals surface area contributed by atoms with Crippen molar-refractivity contribution < 1.29 is 0 Å². The van der Waals surface area contributed by atoms with E-state index in [-0.39, 0.29) is 0 Å². The highest BCUT2D eigenvalue weighted by Gasteiger charge is 2.40. The molecule has 2 heteroatoms. The Labute approximate surface area is 100 Å². The lowest BCUT2D eigenvalue weighted by Gasteiger charge is -2.45. The molecule has 1 aliphatic heterocycles. The summed E-state index contributed by atoms with van der Waals surface area (Å²) in [6.45, 7) is 7.39. The normalized spacial score (nSPS) is 30.8. The Morgan fingerprint density at radius 3 is 2.53 bits per heavy atom. The molecule has 0 aromatic carbocycles. The van der Waals surface area contributed by atoms with Gasteiger partial charge in [-0.2, -0.15) is 12.6 Å². The Balaban J connectivity index is 1.92. The maximum atomic E-state index is 4.56. The van der Waals surface area contributed by atoms with E-state index in [0.717, 1.165) is 17.7 Å². The SMILES string of the molecule is CC(C)C1CCCN1CC1(CS)CCC1. The third-order valence-corrected chi connectivity index (χ3v) is 5.14. The van der Waals surface area contributed by atoms with E-state index in [1.807, 2.05) is 0 Å². The molecule has 1 heterocycles. The van der Waals surface area contributed by atoms with Gasteiger partial charge in [0.2, 0.25) is 0 Å². The molecule has 1 saturated carbocycles. The van der Waals surface area contributed by atoms with Crippen molar-refractivity contribution >= 4 is 12.6 Å². The molecule has 0 N–H and O–H groups in total. The van der Waals surface area contributed by atoms with Crippen LogP contribution in [0, 0.1) is 11.3 Å². The van der Waals surface area contributed by atoms with Crippen LogP contribution in [0.2, 0.25) is 0 Å². The van der Waals surface area contributed by atoms with Crippen LogP contribution in [0.3, 0.4) is 0 Å². The van der Waals surface area contributed by atoms with E-state index >= 15 is 0 Å². The van der Waals surface area contributed by atoms with E-state index in [4.69, 9.17) is 0 Å². The highest BCUT2D eigenvalue weighted by atomic mass is 32.1. The lowest BCUT2D eigenvalue weighted by molar-refractivity contribution is 0.0715. The van der Waals surface area contributed by atoms with Crippen molar-refractivity contribution in [1.82, 2.24) is 4.90 Å². The summed E-state index contributed by atoms with van der Waals surface area (Å²) in [5, 5.41) is 0. The van der Waals surface area contributed by atoms with E-state index in [1.54, 1.807) is 0 Å². The minimum Gasteiger partial charge on any atom is -0.300 e. The molecule has 0 aromatic rings. The molecule has 2 aliphatic rings. The number of rotatable bonds is 4. The van der Waals surface area contributed by atoms with E-state index in [9.17, 15) is 0 Å². The van der Waals surface area contributed by atoms with Crippen LogP contribution in [-0.4, -0.2) is 29.8 Å². The third-order valence-electron chi connectivity index (χ3n) is 4.47. The zero-order valence-electron chi connectivity index (χ0n) is 10.2. The first-order valence-electron chi connectivity index (χ1n) is 6.52. The molecule has 1 atom stereocenters. The minimum atomic E-state index is 0.584. The average molecular weight is 227 g/mol. The van der Waals surface area contributed by atoms with Crippen LogP contribution in [0.15, 0.2) is 0 Å². The third kappa shape index (κ3) is 2.36. The van der Waals surface area contributed by atoms with Gasteiger partial charge in [0.1, 0.15) is 0 Å². The molecular weight excluding hydrogens is 202 g/mol. The second kappa shape index (κ2) is 4.67. The lowest BCUT2D eigenvalue weighted by atomic mass is 9.69. The molecule has 1 unspecified atom stereocenters. The van der Waals surface area contributed by atoms with Gasteiger partial charge < -0.3 is 0 Å². The topological polar surface area (TPSA) is 3.24 Å². The first-order chi connectivity index (χ1) is 7.17. The molecule has 0 bridgehead atoms. The second-order valence-electron chi connectivity index (χ2n) is 5.94. The Hall–Kier alpha value is 0.310. The Morgan fingerprint density at radius 2 is 2.07 bits per heavy atom. The van der Waals surface area contributed by atoms with E-state index in [0.29, 0.717) is 5.41 Å². The number of likely N-dealkylation sites (tertiary alicyclic amines) is 1. The van der Waals surface area contributed by atoms with Gasteiger partial charge in [0, 0.05) is 12.6 Å². The summed E-state index contributed by atoms with van der Waals surface area (Å²) in [7, 11) is 0. The highest BCUT2D eigenvalue weighted by molar-refractivity contribution is 7.80. The summed E-state index contributed by atoms with van der Waals surface area (Å²) in [6, 6.07) is 0.849. The molecule has 0 aromatic heterocycles. The smallest absolute Gasteiger partial charge is 0.0119 e. The minimum absolute atomic E-state index is 0.584. The van der Waals surface area contributed by atoms with Gasteiger partial charge in [-0.3, -0.25) is 4.90 Å². The molecule has 2 fully saturated rings. The van der Waals surface area contributed by atoms with Gasteiger partial charge in [0.25, 0.3) is 0 Å². The number of thiol groups is 1. The average Bonchev–Trinajstić information content (AvgIpc) is 2.59. The Kier molecular flexibility index (Phi) is 3.67. The van der Waals surface area contributed by atoms with E-state index in [1.165, 1.54) is 45.2 Å². The zero-order chi connectivity index (χ0) is 10.9. The predicted octanol–water partition coefficient (Wildman–Crippen LogP) is 3.21. The van der Waals surface area contributed by atoms with Crippen LogP contribution in [-0.2, 0) is 0 Å². The number of nitrogens with zero attached hydrogens (tertiary/aromatic N) is 1. The quantitative estimate of drug-likeness (QED) is 0.722. The zero-order valence-corrected chi connectivity index (χ0v) is 11.1. The summed E-state index contributed by atoms with van der Waals surface area (Å²) in [5.74, 6) is 1.92. The monoisotopic (exact) mass is 227 g/mol. The maximum absolute atomic E-state index is 4.56. The summed E-state index contributed by atoms with van der Waals surface area (Å²) in [4.78, 5) is 2.75. The van der Waals surface area contributed by atoms with Gasteiger partial charge in [-0.05, 0) is 49.3 Å². The van der Waals surface area contributed by atoms with E-state index in [2.05, 4.69) is 31.4 Å². The molecule has 0 amide bonds. The molecule has 0 radical (unpaired) electrons. The van der Waals surface area contributed by atoms with Crippen molar-refractivity contribution in [3.8, 4) is 0 Å². The fourth-order valence-corrected chi connectivity index (χ4v) is 3.69. The van der Waals surface area contributed by atoms with Crippen molar-refractivity contribution in [2.45, 2.75) is 52.0 Å². The van der Waals surface area contributed by atoms with Crippen molar-refractivity contribution in [2.24, 2.45) is 11.3 Å². The van der Waals surface area contributed by atoms with E-state index < -0.39 is 0 Å². The summed E-state index contributed by atoms with van der Waals surface area (Å²) < 4.78 is 0. The second-order valence-corrected chi connectivity index (χ2v) is 6.25. The fraction of sp³-hybridized carbons (Fsp3) is 1.00. The number of hydrogen-bond donors (Lipinski definition) is 1. The van der Waals surface area contributed by atoms with Crippen LogP contribution in [0.4, 0.5) is 0 Å². The molecule has 1 nitrogen and oxygen atoms in total. The van der Waals surface area contributed by atoms with Gasteiger partial charge in [0.15, 0.2) is 0 Å². The van der Waals surface area contributed by atoms with Gasteiger partial charge in [0.05, 0.1) is 0 Å². The van der Waals surface area contributed by atoms with Gasteiger partial charge in [-0.1, -0.05) is 20.3 Å². The van der Waals surface area contributed by atoms with Gasteiger partial charge in [-0.25, -0.2) is 0 Å².